The highest BCUT2D eigenvalue weighted by Gasteiger charge is 2.23. The predicted molar refractivity (Wildman–Crippen MR) is 79.4 cm³/mol. The first-order chi connectivity index (χ1) is 8.50. The van der Waals surface area contributed by atoms with E-state index in [0.29, 0.717) is 5.41 Å². The van der Waals surface area contributed by atoms with E-state index < -0.39 is 0 Å². The third-order valence-corrected chi connectivity index (χ3v) is 4.16. The fourth-order valence-corrected chi connectivity index (χ4v) is 2.51. The second-order valence-corrected chi connectivity index (χ2v) is 5.84. The summed E-state index contributed by atoms with van der Waals surface area (Å²) >= 11 is 0. The number of benzene rings is 1. The molecular weight excluding hydrogens is 218 g/mol. The molecule has 0 radical (unpaired) electrons. The van der Waals surface area contributed by atoms with Crippen LogP contribution in [-0.4, -0.2) is 0 Å². The van der Waals surface area contributed by atoms with Crippen molar-refractivity contribution in [3.8, 4) is 0 Å². The molecule has 1 aliphatic carbocycles. The van der Waals surface area contributed by atoms with Gasteiger partial charge in [-0.15, -0.1) is 0 Å². The maximum Gasteiger partial charge on any atom is 0.0346 e. The number of hydrogen-bond acceptors (Lipinski definition) is 1. The van der Waals surface area contributed by atoms with E-state index in [0.717, 1.165) is 24.9 Å². The molecule has 0 spiro atoms. The van der Waals surface area contributed by atoms with E-state index in [1.165, 1.54) is 16.7 Å². The van der Waals surface area contributed by atoms with E-state index in [1.807, 2.05) is 12.1 Å². The van der Waals surface area contributed by atoms with E-state index in [1.54, 1.807) is 0 Å². The summed E-state index contributed by atoms with van der Waals surface area (Å²) in [6.07, 6.45) is 7.85. The number of nitrogens with two attached hydrogens (primary N) is 1. The van der Waals surface area contributed by atoms with Gasteiger partial charge in [0.2, 0.25) is 0 Å². The van der Waals surface area contributed by atoms with Crippen molar-refractivity contribution in [1.29, 1.82) is 0 Å². The van der Waals surface area contributed by atoms with Crippen molar-refractivity contribution < 1.29 is 0 Å². The van der Waals surface area contributed by atoms with Gasteiger partial charge in [0, 0.05) is 5.69 Å². The number of para-hydroxylation sites is 1. The number of allylic oxidation sites excluding steroid dienone is 4. The van der Waals surface area contributed by atoms with Crippen LogP contribution in [0.2, 0.25) is 0 Å². The highest BCUT2D eigenvalue weighted by Crippen LogP contribution is 2.37. The highest BCUT2D eigenvalue weighted by atomic mass is 14.6. The van der Waals surface area contributed by atoms with Gasteiger partial charge in [0.05, 0.1) is 0 Å². The molecule has 2 N–H and O–H groups in total. The number of nitrogen functional groups attached to an aromatic ring is 1. The molecule has 0 heterocycles. The van der Waals surface area contributed by atoms with Crippen molar-refractivity contribution in [2.45, 2.75) is 40.0 Å². The summed E-state index contributed by atoms with van der Waals surface area (Å²) in [4.78, 5) is 0. The van der Waals surface area contributed by atoms with Gasteiger partial charge in [0.1, 0.15) is 0 Å². The molecule has 1 nitrogen and oxygen atoms in total. The highest BCUT2D eigenvalue weighted by molar-refractivity contribution is 5.47. The summed E-state index contributed by atoms with van der Waals surface area (Å²) in [5, 5.41) is 0. The second-order valence-electron chi connectivity index (χ2n) is 5.84. The Morgan fingerprint density at radius 2 is 1.89 bits per heavy atom. The SMILES string of the molecule is CC1=C(CCc2ccccc2N)C=CCC1(C)C. The second kappa shape index (κ2) is 5.01. The quantitative estimate of drug-likeness (QED) is 0.774. The van der Waals surface area contributed by atoms with Crippen LogP contribution < -0.4 is 5.73 Å². The number of rotatable bonds is 3. The Morgan fingerprint density at radius 1 is 1.17 bits per heavy atom. The monoisotopic (exact) mass is 241 g/mol. The lowest BCUT2D eigenvalue weighted by atomic mass is 9.75. The molecule has 1 heteroatoms. The largest absolute Gasteiger partial charge is 0.399 e. The third-order valence-electron chi connectivity index (χ3n) is 4.16. The fraction of sp³-hybridized carbons (Fsp3) is 0.412. The molecule has 1 aromatic carbocycles. The van der Waals surface area contributed by atoms with Gasteiger partial charge in [0.25, 0.3) is 0 Å². The molecule has 96 valence electrons. The number of aryl methyl sites for hydroxylation is 1. The first-order valence-electron chi connectivity index (χ1n) is 6.71. The predicted octanol–water partition coefficient (Wildman–Crippen LogP) is 4.50. The fourth-order valence-electron chi connectivity index (χ4n) is 2.51. The molecule has 0 bridgehead atoms. The molecule has 0 aromatic heterocycles. The van der Waals surface area contributed by atoms with Crippen LogP contribution in [0, 0.1) is 5.41 Å². The molecule has 0 aliphatic heterocycles. The van der Waals surface area contributed by atoms with E-state index >= 15 is 0 Å². The normalized spacial score (nSPS) is 18.2. The van der Waals surface area contributed by atoms with Crippen molar-refractivity contribution in [3.05, 3.63) is 53.1 Å². The maximum atomic E-state index is 5.99. The van der Waals surface area contributed by atoms with Gasteiger partial charge in [-0.05, 0) is 48.8 Å². The first kappa shape index (κ1) is 12.9. The maximum absolute atomic E-state index is 5.99. The first-order valence-corrected chi connectivity index (χ1v) is 6.71. The van der Waals surface area contributed by atoms with Crippen LogP contribution in [0.1, 0.15) is 39.2 Å². The summed E-state index contributed by atoms with van der Waals surface area (Å²) in [5.74, 6) is 0. The van der Waals surface area contributed by atoms with E-state index in [9.17, 15) is 0 Å². The van der Waals surface area contributed by atoms with Gasteiger partial charge in [-0.3, -0.25) is 0 Å². The van der Waals surface area contributed by atoms with Crippen molar-refractivity contribution in [1.82, 2.24) is 0 Å². The van der Waals surface area contributed by atoms with Gasteiger partial charge < -0.3 is 5.73 Å². The van der Waals surface area contributed by atoms with Crippen LogP contribution in [0.4, 0.5) is 5.69 Å². The number of hydrogen-bond donors (Lipinski definition) is 1. The van der Waals surface area contributed by atoms with Gasteiger partial charge >= 0.3 is 0 Å². The Hall–Kier alpha value is -1.50. The third kappa shape index (κ3) is 2.66. The zero-order chi connectivity index (χ0) is 13.2. The minimum absolute atomic E-state index is 0.312. The molecule has 0 saturated heterocycles. The Labute approximate surface area is 110 Å². The summed E-state index contributed by atoms with van der Waals surface area (Å²) < 4.78 is 0. The molecule has 1 aliphatic rings. The summed E-state index contributed by atoms with van der Waals surface area (Å²) in [5.41, 5.74) is 11.5. The minimum atomic E-state index is 0.312. The van der Waals surface area contributed by atoms with E-state index in [2.05, 4.69) is 45.1 Å². The van der Waals surface area contributed by atoms with Crippen molar-refractivity contribution in [2.75, 3.05) is 5.73 Å². The van der Waals surface area contributed by atoms with E-state index in [-0.39, 0.29) is 0 Å². The Morgan fingerprint density at radius 3 is 2.61 bits per heavy atom. The molecule has 0 amide bonds. The molecule has 0 unspecified atom stereocenters. The van der Waals surface area contributed by atoms with E-state index in [4.69, 9.17) is 5.73 Å². The molecular formula is C17H23N. The van der Waals surface area contributed by atoms with Crippen molar-refractivity contribution >= 4 is 5.69 Å². The zero-order valence-corrected chi connectivity index (χ0v) is 11.7. The molecule has 1 aromatic rings. The number of anilines is 1. The Balaban J connectivity index is 2.11. The Bertz CT molecular complexity index is 492. The lowest BCUT2D eigenvalue weighted by molar-refractivity contribution is 0.442. The molecule has 2 rings (SSSR count). The van der Waals surface area contributed by atoms with Gasteiger partial charge in [0.15, 0.2) is 0 Å². The average Bonchev–Trinajstić information content (AvgIpc) is 2.33. The summed E-state index contributed by atoms with van der Waals surface area (Å²) in [6.45, 7) is 6.92. The van der Waals surface area contributed by atoms with Gasteiger partial charge in [-0.25, -0.2) is 0 Å². The van der Waals surface area contributed by atoms with Crippen LogP contribution in [0.3, 0.4) is 0 Å². The zero-order valence-electron chi connectivity index (χ0n) is 11.7. The van der Waals surface area contributed by atoms with Crippen LogP contribution in [0.15, 0.2) is 47.6 Å². The Kier molecular flexibility index (Phi) is 3.60. The summed E-state index contributed by atoms with van der Waals surface area (Å²) in [6, 6.07) is 8.17. The van der Waals surface area contributed by atoms with Crippen LogP contribution in [0.5, 0.6) is 0 Å². The lowest BCUT2D eigenvalue weighted by Crippen LogP contribution is -2.16. The van der Waals surface area contributed by atoms with Crippen molar-refractivity contribution in [2.24, 2.45) is 5.41 Å². The topological polar surface area (TPSA) is 26.0 Å². The van der Waals surface area contributed by atoms with Crippen LogP contribution >= 0.6 is 0 Å². The molecule has 0 saturated carbocycles. The van der Waals surface area contributed by atoms with Crippen LogP contribution in [0.25, 0.3) is 0 Å². The molecule has 0 atom stereocenters. The standard InChI is InChI=1S/C17H23N/c1-13-14(8-6-12-17(13,2)3)10-11-15-7-4-5-9-16(15)18/h4-9H,10-12,18H2,1-3H3. The smallest absolute Gasteiger partial charge is 0.0346 e. The minimum Gasteiger partial charge on any atom is -0.399 e. The van der Waals surface area contributed by atoms with Crippen molar-refractivity contribution in [3.63, 3.8) is 0 Å². The average molecular weight is 241 g/mol. The van der Waals surface area contributed by atoms with Gasteiger partial charge in [-0.2, -0.15) is 0 Å². The lowest BCUT2D eigenvalue weighted by Gasteiger charge is -2.30. The summed E-state index contributed by atoms with van der Waals surface area (Å²) in [7, 11) is 0. The van der Waals surface area contributed by atoms with Crippen LogP contribution in [-0.2, 0) is 6.42 Å². The molecule has 18 heavy (non-hydrogen) atoms. The molecule has 0 fully saturated rings. The van der Waals surface area contributed by atoms with Gasteiger partial charge in [-0.1, -0.05) is 49.8 Å².